The molecule has 7 nitrogen and oxygen atoms in total. The number of fused-ring (bicyclic) bond motifs is 1. The van der Waals surface area contributed by atoms with Gasteiger partial charge in [-0.15, -0.1) is 12.4 Å². The second-order valence-corrected chi connectivity index (χ2v) is 7.73. The molecule has 1 saturated heterocycles. The van der Waals surface area contributed by atoms with E-state index < -0.39 is 6.10 Å². The molecular formula is C20H26ClN3O4. The molecule has 0 aromatic heterocycles. The quantitative estimate of drug-likeness (QED) is 0.654. The fourth-order valence-electron chi connectivity index (χ4n) is 4.32. The van der Waals surface area contributed by atoms with Crippen LogP contribution in [-0.2, 0) is 0 Å². The van der Waals surface area contributed by atoms with Crippen molar-refractivity contribution in [2.24, 2.45) is 5.92 Å². The maximum Gasteiger partial charge on any atom is 0.261 e. The number of hydrogen-bond donors (Lipinski definition) is 3. The Morgan fingerprint density at radius 1 is 1.11 bits per heavy atom. The van der Waals surface area contributed by atoms with Gasteiger partial charge in [-0.25, -0.2) is 0 Å². The molecule has 4 rings (SSSR count). The summed E-state index contributed by atoms with van der Waals surface area (Å²) < 4.78 is 0. The first-order chi connectivity index (χ1) is 13.1. The predicted molar refractivity (Wildman–Crippen MR) is 106 cm³/mol. The number of β-amino-alcohol motifs (C(OH)–C–C–N with tert-alkyl or cyclic N) is 1. The molecule has 1 aromatic carbocycles. The number of carbonyl (C=O) groups is 3. The van der Waals surface area contributed by atoms with Crippen LogP contribution in [0.5, 0.6) is 0 Å². The molecule has 152 valence electrons. The van der Waals surface area contributed by atoms with Gasteiger partial charge in [0.25, 0.3) is 17.7 Å². The Hall–Kier alpha value is -1.96. The molecule has 28 heavy (non-hydrogen) atoms. The molecule has 1 saturated carbocycles. The Bertz CT molecular complexity index is 779. The molecule has 3 N–H and O–H groups in total. The van der Waals surface area contributed by atoms with E-state index >= 15 is 0 Å². The van der Waals surface area contributed by atoms with Crippen LogP contribution in [0.1, 0.15) is 63.2 Å². The summed E-state index contributed by atoms with van der Waals surface area (Å²) >= 11 is 0. The van der Waals surface area contributed by atoms with Crippen LogP contribution in [0.3, 0.4) is 0 Å². The SMILES string of the molecule is Cl.O=C(NCC1CNCC1O)c1ccc2c(c1)C(=O)N(C1CCCCC1)C2=O. The Labute approximate surface area is 170 Å². The molecule has 1 aromatic rings. The van der Waals surface area contributed by atoms with Crippen molar-refractivity contribution in [2.75, 3.05) is 19.6 Å². The topological polar surface area (TPSA) is 98.7 Å². The van der Waals surface area contributed by atoms with Crippen LogP contribution in [0.25, 0.3) is 0 Å². The third-order valence-corrected chi connectivity index (χ3v) is 5.95. The van der Waals surface area contributed by atoms with Crippen molar-refractivity contribution in [1.29, 1.82) is 0 Å². The van der Waals surface area contributed by atoms with Gasteiger partial charge in [-0.2, -0.15) is 0 Å². The Morgan fingerprint density at radius 3 is 2.50 bits per heavy atom. The highest BCUT2D eigenvalue weighted by atomic mass is 35.5. The summed E-state index contributed by atoms with van der Waals surface area (Å²) in [6, 6.07) is 4.67. The summed E-state index contributed by atoms with van der Waals surface area (Å²) in [5.74, 6) is -0.845. The number of imide groups is 1. The second kappa shape index (κ2) is 8.59. The zero-order chi connectivity index (χ0) is 19.0. The number of hydrogen-bond acceptors (Lipinski definition) is 5. The molecule has 2 fully saturated rings. The van der Waals surface area contributed by atoms with Crippen LogP contribution >= 0.6 is 12.4 Å². The first-order valence-corrected chi connectivity index (χ1v) is 9.75. The molecular weight excluding hydrogens is 382 g/mol. The van der Waals surface area contributed by atoms with Crippen molar-refractivity contribution < 1.29 is 19.5 Å². The maximum atomic E-state index is 12.8. The Balaban J connectivity index is 0.00000225. The smallest absolute Gasteiger partial charge is 0.261 e. The number of rotatable bonds is 4. The molecule has 8 heteroatoms. The maximum absolute atomic E-state index is 12.8. The highest BCUT2D eigenvalue weighted by molar-refractivity contribution is 6.22. The van der Waals surface area contributed by atoms with Gasteiger partial charge in [-0.05, 0) is 31.0 Å². The molecule has 1 aliphatic carbocycles. The largest absolute Gasteiger partial charge is 0.391 e. The van der Waals surface area contributed by atoms with Crippen LogP contribution in [-0.4, -0.2) is 59.5 Å². The van der Waals surface area contributed by atoms with E-state index in [1.807, 2.05) is 0 Å². The van der Waals surface area contributed by atoms with Gasteiger partial charge < -0.3 is 15.7 Å². The van der Waals surface area contributed by atoms with Gasteiger partial charge in [0.05, 0.1) is 17.2 Å². The third kappa shape index (κ3) is 3.79. The van der Waals surface area contributed by atoms with Gasteiger partial charge in [0.2, 0.25) is 0 Å². The summed E-state index contributed by atoms with van der Waals surface area (Å²) in [6.07, 6.45) is 4.47. The van der Waals surface area contributed by atoms with E-state index in [-0.39, 0.29) is 42.1 Å². The summed E-state index contributed by atoms with van der Waals surface area (Å²) in [5.41, 5.74) is 1.07. The molecule has 0 spiro atoms. The molecule has 2 aliphatic heterocycles. The van der Waals surface area contributed by atoms with E-state index in [0.717, 1.165) is 32.1 Å². The minimum atomic E-state index is -0.464. The number of halogens is 1. The zero-order valence-electron chi connectivity index (χ0n) is 15.6. The first kappa shape index (κ1) is 20.8. The summed E-state index contributed by atoms with van der Waals surface area (Å²) in [7, 11) is 0. The normalized spacial score (nSPS) is 24.8. The van der Waals surface area contributed by atoms with Crippen LogP contribution in [0.2, 0.25) is 0 Å². The van der Waals surface area contributed by atoms with Crippen molar-refractivity contribution >= 4 is 30.1 Å². The number of amides is 3. The molecule has 0 radical (unpaired) electrons. The Kier molecular flexibility index (Phi) is 6.37. The van der Waals surface area contributed by atoms with Crippen molar-refractivity contribution in [3.8, 4) is 0 Å². The predicted octanol–water partition coefficient (Wildman–Crippen LogP) is 1.35. The molecule has 2 heterocycles. The van der Waals surface area contributed by atoms with E-state index in [1.165, 1.54) is 11.0 Å². The van der Waals surface area contributed by atoms with Crippen LogP contribution < -0.4 is 10.6 Å². The lowest BCUT2D eigenvalue weighted by atomic mass is 9.94. The number of aliphatic hydroxyl groups is 1. The zero-order valence-corrected chi connectivity index (χ0v) is 16.5. The van der Waals surface area contributed by atoms with E-state index in [1.54, 1.807) is 12.1 Å². The fourth-order valence-corrected chi connectivity index (χ4v) is 4.32. The van der Waals surface area contributed by atoms with Gasteiger partial charge in [-0.3, -0.25) is 19.3 Å². The highest BCUT2D eigenvalue weighted by Gasteiger charge is 2.40. The van der Waals surface area contributed by atoms with E-state index in [4.69, 9.17) is 0 Å². The number of nitrogens with one attached hydrogen (secondary N) is 2. The lowest BCUT2D eigenvalue weighted by Gasteiger charge is -2.29. The van der Waals surface area contributed by atoms with Crippen LogP contribution in [0.15, 0.2) is 18.2 Å². The Morgan fingerprint density at radius 2 is 1.82 bits per heavy atom. The standard InChI is InChI=1S/C20H25N3O4.ClH/c24-17-11-21-9-13(17)10-22-18(25)12-6-7-15-16(8-12)20(27)23(19(15)26)14-4-2-1-3-5-14;/h6-8,13-14,17,21,24H,1-5,9-11H2,(H,22,25);1H. The highest BCUT2D eigenvalue weighted by Crippen LogP contribution is 2.31. The van der Waals surface area contributed by atoms with Gasteiger partial charge in [-0.1, -0.05) is 19.3 Å². The van der Waals surface area contributed by atoms with E-state index in [9.17, 15) is 19.5 Å². The lowest BCUT2D eigenvalue weighted by Crippen LogP contribution is -2.40. The second-order valence-electron chi connectivity index (χ2n) is 7.73. The van der Waals surface area contributed by atoms with Crippen molar-refractivity contribution in [3.63, 3.8) is 0 Å². The monoisotopic (exact) mass is 407 g/mol. The number of carbonyl (C=O) groups excluding carboxylic acids is 3. The fraction of sp³-hybridized carbons (Fsp3) is 0.550. The van der Waals surface area contributed by atoms with Gasteiger partial charge >= 0.3 is 0 Å². The van der Waals surface area contributed by atoms with Gasteiger partial charge in [0, 0.05) is 37.2 Å². The van der Waals surface area contributed by atoms with Gasteiger partial charge in [0.15, 0.2) is 0 Å². The lowest BCUT2D eigenvalue weighted by molar-refractivity contribution is 0.0548. The van der Waals surface area contributed by atoms with Crippen LogP contribution in [0.4, 0.5) is 0 Å². The molecule has 2 atom stereocenters. The summed E-state index contributed by atoms with van der Waals surface area (Å²) in [4.78, 5) is 39.4. The molecule has 2 unspecified atom stereocenters. The third-order valence-electron chi connectivity index (χ3n) is 5.95. The first-order valence-electron chi connectivity index (χ1n) is 9.75. The van der Waals surface area contributed by atoms with Crippen molar-refractivity contribution in [2.45, 2.75) is 44.2 Å². The summed E-state index contributed by atoms with van der Waals surface area (Å²) in [6.45, 7) is 1.56. The number of benzene rings is 1. The minimum Gasteiger partial charge on any atom is -0.391 e. The van der Waals surface area contributed by atoms with Crippen molar-refractivity contribution in [3.05, 3.63) is 34.9 Å². The minimum absolute atomic E-state index is 0. The number of nitrogens with zero attached hydrogens (tertiary/aromatic N) is 1. The molecule has 0 bridgehead atoms. The number of aliphatic hydroxyl groups excluding tert-OH is 1. The van der Waals surface area contributed by atoms with E-state index in [0.29, 0.717) is 36.3 Å². The van der Waals surface area contributed by atoms with Crippen molar-refractivity contribution in [1.82, 2.24) is 15.5 Å². The average molecular weight is 408 g/mol. The molecule has 3 amide bonds. The van der Waals surface area contributed by atoms with E-state index in [2.05, 4.69) is 10.6 Å². The van der Waals surface area contributed by atoms with Gasteiger partial charge in [0.1, 0.15) is 0 Å². The van der Waals surface area contributed by atoms with Crippen LogP contribution in [0, 0.1) is 5.92 Å². The average Bonchev–Trinajstić information content (AvgIpc) is 3.21. The molecule has 3 aliphatic rings. The summed E-state index contributed by atoms with van der Waals surface area (Å²) in [5, 5.41) is 15.7.